The molecular weight excluding hydrogens is 358 g/mol. The highest BCUT2D eigenvalue weighted by molar-refractivity contribution is 7.89. The number of carbonyl (C=O) groups is 1. The Morgan fingerprint density at radius 3 is 2.42 bits per heavy atom. The van der Waals surface area contributed by atoms with Crippen LogP contribution in [0.2, 0.25) is 0 Å². The van der Waals surface area contributed by atoms with Crippen molar-refractivity contribution in [2.45, 2.75) is 18.2 Å². The van der Waals surface area contributed by atoms with Crippen LogP contribution in [0.3, 0.4) is 0 Å². The summed E-state index contributed by atoms with van der Waals surface area (Å²) in [7, 11) is -1.03. The van der Waals surface area contributed by atoms with Crippen LogP contribution < -0.4 is 5.43 Å². The van der Waals surface area contributed by atoms with Gasteiger partial charge in [-0.2, -0.15) is 0 Å². The zero-order chi connectivity index (χ0) is 19.2. The second-order valence-electron chi connectivity index (χ2n) is 6.06. The molecule has 7 nitrogen and oxygen atoms in total. The molecule has 0 aliphatic heterocycles. The molecule has 3 aromatic rings. The number of nitrogens with zero attached hydrogens (tertiary/aromatic N) is 1. The Balaban J connectivity index is 2.52. The number of carboxylic acids is 1. The molecule has 1 aromatic heterocycles. The maximum Gasteiger partial charge on any atom is 0.335 e. The maximum atomic E-state index is 12.9. The molecule has 0 unspecified atom stereocenters. The lowest BCUT2D eigenvalue weighted by molar-refractivity contribution is 0.0697. The van der Waals surface area contributed by atoms with E-state index in [1.807, 2.05) is 6.92 Å². The molecule has 2 aromatic carbocycles. The molecule has 0 radical (unpaired) electrons. The van der Waals surface area contributed by atoms with Crippen molar-refractivity contribution in [3.05, 3.63) is 51.7 Å². The van der Waals surface area contributed by atoms with E-state index in [1.165, 1.54) is 38.4 Å². The SMILES string of the molecule is CCc1cc(S(=O)(=O)N(C)C)c2oc3ccc(C(=O)O)cc3c(=O)c2c1. The molecule has 1 heterocycles. The number of sulfonamides is 1. The Morgan fingerprint density at radius 1 is 1.15 bits per heavy atom. The zero-order valence-corrected chi connectivity index (χ0v) is 15.3. The van der Waals surface area contributed by atoms with E-state index in [0.717, 1.165) is 4.31 Å². The van der Waals surface area contributed by atoms with E-state index in [-0.39, 0.29) is 32.4 Å². The molecule has 0 bridgehead atoms. The van der Waals surface area contributed by atoms with Crippen LogP contribution in [0, 0.1) is 0 Å². The molecule has 0 saturated heterocycles. The van der Waals surface area contributed by atoms with Crippen LogP contribution in [-0.4, -0.2) is 37.9 Å². The molecule has 0 aliphatic rings. The average Bonchev–Trinajstić information content (AvgIpc) is 2.60. The van der Waals surface area contributed by atoms with Crippen molar-refractivity contribution < 1.29 is 22.7 Å². The fourth-order valence-corrected chi connectivity index (χ4v) is 3.79. The summed E-state index contributed by atoms with van der Waals surface area (Å²) < 4.78 is 32.2. The number of fused-ring (bicyclic) bond motifs is 2. The molecule has 1 N–H and O–H groups in total. The third kappa shape index (κ3) is 2.77. The van der Waals surface area contributed by atoms with E-state index in [1.54, 1.807) is 6.07 Å². The zero-order valence-electron chi connectivity index (χ0n) is 14.4. The smallest absolute Gasteiger partial charge is 0.335 e. The van der Waals surface area contributed by atoms with Crippen molar-refractivity contribution in [1.29, 1.82) is 0 Å². The van der Waals surface area contributed by atoms with Gasteiger partial charge < -0.3 is 9.52 Å². The number of aryl methyl sites for hydroxylation is 1. The Bertz CT molecular complexity index is 1210. The van der Waals surface area contributed by atoms with E-state index < -0.39 is 21.4 Å². The van der Waals surface area contributed by atoms with Crippen LogP contribution in [0.1, 0.15) is 22.8 Å². The van der Waals surface area contributed by atoms with E-state index in [4.69, 9.17) is 9.52 Å². The van der Waals surface area contributed by atoms with Gasteiger partial charge in [0.15, 0.2) is 5.58 Å². The van der Waals surface area contributed by atoms with Crippen LogP contribution in [0.15, 0.2) is 44.4 Å². The van der Waals surface area contributed by atoms with Gasteiger partial charge in [0, 0.05) is 14.1 Å². The van der Waals surface area contributed by atoms with E-state index in [9.17, 15) is 18.0 Å². The van der Waals surface area contributed by atoms with Crippen molar-refractivity contribution in [2.75, 3.05) is 14.1 Å². The van der Waals surface area contributed by atoms with Gasteiger partial charge in [0.25, 0.3) is 0 Å². The predicted octanol–water partition coefficient (Wildman–Crippen LogP) is 2.46. The Kier molecular flexibility index (Phi) is 4.33. The molecule has 0 atom stereocenters. The lowest BCUT2D eigenvalue weighted by Crippen LogP contribution is -2.23. The number of hydrogen-bond donors (Lipinski definition) is 1. The summed E-state index contributed by atoms with van der Waals surface area (Å²) in [6.07, 6.45) is 0.526. The summed E-state index contributed by atoms with van der Waals surface area (Å²) in [5.41, 5.74) is 0.259. The second-order valence-corrected chi connectivity index (χ2v) is 8.18. The summed E-state index contributed by atoms with van der Waals surface area (Å²) >= 11 is 0. The van der Waals surface area contributed by atoms with Crippen molar-refractivity contribution >= 4 is 37.9 Å². The van der Waals surface area contributed by atoms with Crippen LogP contribution in [0.4, 0.5) is 0 Å². The molecule has 8 heteroatoms. The minimum Gasteiger partial charge on any atom is -0.478 e. The fourth-order valence-electron chi connectivity index (χ4n) is 2.71. The normalized spacial score (nSPS) is 12.2. The third-order valence-electron chi connectivity index (χ3n) is 4.21. The first-order valence-electron chi connectivity index (χ1n) is 7.86. The monoisotopic (exact) mass is 375 g/mol. The van der Waals surface area contributed by atoms with Gasteiger partial charge in [-0.15, -0.1) is 0 Å². The summed E-state index contributed by atoms with van der Waals surface area (Å²) in [5.74, 6) is -1.16. The maximum absolute atomic E-state index is 12.9. The van der Waals surface area contributed by atoms with Gasteiger partial charge in [0.1, 0.15) is 10.5 Å². The molecule has 0 amide bonds. The predicted molar refractivity (Wildman–Crippen MR) is 97.2 cm³/mol. The fraction of sp³-hybridized carbons (Fsp3) is 0.222. The van der Waals surface area contributed by atoms with Gasteiger partial charge in [0.2, 0.25) is 15.5 Å². The van der Waals surface area contributed by atoms with Crippen LogP contribution >= 0.6 is 0 Å². The minimum absolute atomic E-state index is 0.0310. The molecule has 0 spiro atoms. The van der Waals surface area contributed by atoms with Crippen molar-refractivity contribution in [3.63, 3.8) is 0 Å². The van der Waals surface area contributed by atoms with E-state index in [2.05, 4.69) is 0 Å². The second kappa shape index (κ2) is 6.22. The molecular formula is C18H17NO6S. The molecule has 0 fully saturated rings. The van der Waals surface area contributed by atoms with Gasteiger partial charge in [0.05, 0.1) is 16.3 Å². The van der Waals surface area contributed by atoms with E-state index in [0.29, 0.717) is 12.0 Å². The minimum atomic E-state index is -3.84. The van der Waals surface area contributed by atoms with E-state index >= 15 is 0 Å². The Labute approximate surface area is 149 Å². The van der Waals surface area contributed by atoms with Gasteiger partial charge >= 0.3 is 5.97 Å². The lowest BCUT2D eigenvalue weighted by atomic mass is 10.1. The quantitative estimate of drug-likeness (QED) is 0.702. The van der Waals surface area contributed by atoms with Gasteiger partial charge in [-0.25, -0.2) is 17.5 Å². The summed E-state index contributed by atoms with van der Waals surface area (Å²) in [6.45, 7) is 1.85. The molecule has 0 aliphatic carbocycles. The van der Waals surface area contributed by atoms with Crippen LogP contribution in [0.25, 0.3) is 21.9 Å². The van der Waals surface area contributed by atoms with Gasteiger partial charge in [-0.05, 0) is 42.3 Å². The van der Waals surface area contributed by atoms with Crippen molar-refractivity contribution in [1.82, 2.24) is 4.31 Å². The Hall–Kier alpha value is -2.71. The first-order valence-corrected chi connectivity index (χ1v) is 9.30. The number of benzene rings is 2. The number of rotatable bonds is 4. The Morgan fingerprint density at radius 2 is 1.85 bits per heavy atom. The molecule has 3 rings (SSSR count). The lowest BCUT2D eigenvalue weighted by Gasteiger charge is -2.14. The number of aromatic carboxylic acids is 1. The van der Waals surface area contributed by atoms with Crippen molar-refractivity contribution in [2.24, 2.45) is 0 Å². The topological polar surface area (TPSA) is 105 Å². The van der Waals surface area contributed by atoms with Gasteiger partial charge in [-0.3, -0.25) is 4.79 Å². The summed E-state index contributed by atoms with van der Waals surface area (Å²) in [6, 6.07) is 6.99. The van der Waals surface area contributed by atoms with Crippen molar-refractivity contribution in [3.8, 4) is 0 Å². The van der Waals surface area contributed by atoms with Crippen LogP contribution in [-0.2, 0) is 16.4 Å². The molecule has 0 saturated carbocycles. The number of carboxylic acid groups (broad SMARTS) is 1. The molecule has 136 valence electrons. The number of hydrogen-bond acceptors (Lipinski definition) is 5. The highest BCUT2D eigenvalue weighted by Gasteiger charge is 2.24. The summed E-state index contributed by atoms with van der Waals surface area (Å²) in [5, 5.41) is 9.33. The summed E-state index contributed by atoms with van der Waals surface area (Å²) in [4.78, 5) is 24.0. The average molecular weight is 375 g/mol. The largest absolute Gasteiger partial charge is 0.478 e. The highest BCUT2D eigenvalue weighted by atomic mass is 32.2. The highest BCUT2D eigenvalue weighted by Crippen LogP contribution is 2.28. The first-order chi connectivity index (χ1) is 12.2. The first kappa shape index (κ1) is 18.1. The molecule has 26 heavy (non-hydrogen) atoms. The van der Waals surface area contributed by atoms with Crippen LogP contribution in [0.5, 0.6) is 0 Å². The van der Waals surface area contributed by atoms with Gasteiger partial charge in [-0.1, -0.05) is 6.92 Å². The third-order valence-corrected chi connectivity index (χ3v) is 6.03. The standard InChI is InChI=1S/C18H17NO6S/c1-4-10-7-13-16(20)12-9-11(18(21)22)5-6-14(12)25-17(13)15(8-10)26(23,24)19(2)3/h5-9H,4H2,1-3H3,(H,21,22).